The summed E-state index contributed by atoms with van der Waals surface area (Å²) >= 11 is 2.30. The zero-order chi connectivity index (χ0) is 38.7. The van der Waals surface area contributed by atoms with Crippen molar-refractivity contribution in [3.63, 3.8) is 0 Å². The van der Waals surface area contributed by atoms with Gasteiger partial charge in [-0.1, -0.05) is 17.3 Å². The van der Waals surface area contributed by atoms with Crippen molar-refractivity contribution >= 4 is 74.6 Å². The third-order valence-electron chi connectivity index (χ3n) is 8.49. The number of fused-ring (bicyclic) bond motifs is 2. The maximum absolute atomic E-state index is 13.4. The first-order valence-corrected chi connectivity index (χ1v) is 18.3. The molecule has 2 amide bonds. The molecule has 1 fully saturated rings. The fourth-order valence-electron chi connectivity index (χ4n) is 5.69. The van der Waals surface area contributed by atoms with Crippen molar-refractivity contribution in [3.05, 3.63) is 82.9 Å². The molecule has 1 aromatic carbocycles. The number of aromatic nitrogens is 3. The highest BCUT2D eigenvalue weighted by Crippen LogP contribution is 2.40. The zero-order valence-electron chi connectivity index (χ0n) is 29.0. The van der Waals surface area contributed by atoms with Crippen LogP contribution < -0.4 is 36.5 Å². The van der Waals surface area contributed by atoms with Crippen molar-refractivity contribution in [1.29, 1.82) is 5.41 Å². The van der Waals surface area contributed by atoms with Gasteiger partial charge in [-0.2, -0.15) is 0 Å². The molecule has 54 heavy (non-hydrogen) atoms. The van der Waals surface area contributed by atoms with Gasteiger partial charge in [0.25, 0.3) is 11.8 Å². The van der Waals surface area contributed by atoms with Gasteiger partial charge in [-0.05, 0) is 37.6 Å². The molecule has 6 rings (SSSR count). The number of carboxylic acids is 2. The molecule has 2 atom stereocenters. The predicted octanol–water partition coefficient (Wildman–Crippen LogP) is -0.434. The van der Waals surface area contributed by atoms with Crippen LogP contribution in [0.3, 0.4) is 0 Å². The summed E-state index contributed by atoms with van der Waals surface area (Å²) in [5.74, 6) is -3.57. The lowest BCUT2D eigenvalue weighted by Gasteiger charge is -2.50. The van der Waals surface area contributed by atoms with Gasteiger partial charge in [0.2, 0.25) is 5.60 Å². The molecule has 1 saturated heterocycles. The van der Waals surface area contributed by atoms with E-state index in [1.807, 2.05) is 59.6 Å². The number of thioether (sulfide) groups is 1. The van der Waals surface area contributed by atoms with Crippen molar-refractivity contribution < 1.29 is 43.5 Å². The van der Waals surface area contributed by atoms with Crippen LogP contribution in [0.1, 0.15) is 25.1 Å². The van der Waals surface area contributed by atoms with E-state index in [1.165, 1.54) is 31.0 Å². The standard InChI is InChI=1S/C34H36N10O8S2/c1-34(2,31(49)50)52-41-24(22-17-54-33(37)39-22)27(45)40-25-28(46)44-26(30(47)48)20(16-53-29(25)44)15-42-10-8-23-19(14-42)7-11-43(23)13-18-3-5-21(6-4-18)51-12-9-38-32(35)36/h3-8,10-11,14,17,25,29H,9,12-13,15-16H2,1-2H3,(H8-,35,36,37,38,39,40,45,47,48,49,50)/b41-24-/t25-,29-/m1/s1. The predicted molar refractivity (Wildman–Crippen MR) is 196 cm³/mol. The third kappa shape index (κ3) is 8.08. The Balaban J connectivity index is 1.13. The maximum Gasteiger partial charge on any atom is 0.350 e. The molecule has 18 nitrogen and oxygen atoms in total. The molecule has 0 unspecified atom stereocenters. The number of amides is 2. The maximum atomic E-state index is 13.4. The molecule has 0 spiro atoms. The number of hydrogen-bond donors (Lipinski definition) is 6. The average molecular weight is 777 g/mol. The monoisotopic (exact) mass is 776 g/mol. The van der Waals surface area contributed by atoms with E-state index in [1.54, 1.807) is 0 Å². The van der Waals surface area contributed by atoms with Gasteiger partial charge in [0.05, 0.1) is 29.1 Å². The number of nitrogens with one attached hydrogen (secondary N) is 3. The minimum atomic E-state index is -1.78. The summed E-state index contributed by atoms with van der Waals surface area (Å²) in [5.41, 5.74) is 11.1. The lowest BCUT2D eigenvalue weighted by molar-refractivity contribution is -0.687. The van der Waals surface area contributed by atoms with Gasteiger partial charge in [-0.15, -0.1) is 23.1 Å². The van der Waals surface area contributed by atoms with Gasteiger partial charge < -0.3 is 51.3 Å². The second-order valence-corrected chi connectivity index (χ2v) is 14.7. The van der Waals surface area contributed by atoms with Crippen LogP contribution in [0.4, 0.5) is 5.13 Å². The Morgan fingerprint density at radius 2 is 1.98 bits per heavy atom. The lowest BCUT2D eigenvalue weighted by atomic mass is 10.0. The molecule has 8 N–H and O–H groups in total. The molecule has 20 heteroatoms. The Morgan fingerprint density at radius 1 is 1.22 bits per heavy atom. The van der Waals surface area contributed by atoms with Gasteiger partial charge >= 0.3 is 5.97 Å². The number of oxime groups is 1. The summed E-state index contributed by atoms with van der Waals surface area (Å²) in [6.45, 7) is 4.05. The summed E-state index contributed by atoms with van der Waals surface area (Å²) in [4.78, 5) is 61.1. The first-order chi connectivity index (χ1) is 25.7. The fraction of sp³-hybridized carbons (Fsp3) is 0.294. The zero-order valence-corrected chi connectivity index (χ0v) is 30.6. The van der Waals surface area contributed by atoms with Crippen LogP contribution in [0, 0.1) is 5.41 Å². The average Bonchev–Trinajstić information content (AvgIpc) is 3.74. The Morgan fingerprint density at radius 3 is 2.65 bits per heavy atom. The van der Waals surface area contributed by atoms with E-state index in [9.17, 15) is 29.4 Å². The van der Waals surface area contributed by atoms with Crippen LogP contribution >= 0.6 is 23.1 Å². The van der Waals surface area contributed by atoms with Gasteiger partial charge in [0, 0.05) is 35.5 Å². The summed E-state index contributed by atoms with van der Waals surface area (Å²) < 4.78 is 9.59. The van der Waals surface area contributed by atoms with Crippen molar-refractivity contribution in [2.45, 2.75) is 44.0 Å². The number of rotatable bonds is 15. The third-order valence-corrected chi connectivity index (χ3v) is 10.5. The second kappa shape index (κ2) is 15.4. The number of carbonyl (C=O) groups excluding carboxylic acids is 3. The summed E-state index contributed by atoms with van der Waals surface area (Å²) in [6, 6.07) is 10.5. The van der Waals surface area contributed by atoms with E-state index < -0.39 is 46.5 Å². The normalized spacial score (nSPS) is 17.1. The van der Waals surface area contributed by atoms with E-state index in [2.05, 4.69) is 25.3 Å². The molecule has 282 valence electrons. The fourth-order valence-corrected chi connectivity index (χ4v) is 7.58. The number of nitrogens with two attached hydrogens (primary N) is 2. The van der Waals surface area contributed by atoms with Crippen molar-refractivity contribution in [2.75, 3.05) is 24.6 Å². The quantitative estimate of drug-likeness (QED) is 0.0224. The van der Waals surface area contributed by atoms with Crippen LogP contribution in [-0.2, 0) is 37.1 Å². The minimum Gasteiger partial charge on any atom is -0.543 e. The van der Waals surface area contributed by atoms with Crippen LogP contribution in [0.5, 0.6) is 5.75 Å². The minimum absolute atomic E-state index is 0.00892. The number of hydrogen-bond acceptors (Lipinski definition) is 13. The van der Waals surface area contributed by atoms with Crippen molar-refractivity contribution in [1.82, 2.24) is 25.1 Å². The number of carbonyl (C=O) groups is 4. The van der Waals surface area contributed by atoms with E-state index in [4.69, 9.17) is 26.5 Å². The second-order valence-electron chi connectivity index (χ2n) is 12.8. The molecule has 2 aliphatic rings. The number of ether oxygens (including phenoxy) is 1. The first kappa shape index (κ1) is 37.6. The number of nitrogen functional groups attached to an aromatic ring is 1. The van der Waals surface area contributed by atoms with Crippen molar-refractivity contribution in [3.8, 4) is 5.75 Å². The summed E-state index contributed by atoms with van der Waals surface area (Å²) in [7, 11) is 0. The molecule has 0 aliphatic carbocycles. The number of nitrogens with zero attached hydrogens (tertiary/aromatic N) is 5. The number of benzene rings is 1. The van der Waals surface area contributed by atoms with Gasteiger partial charge in [0.15, 0.2) is 35.7 Å². The highest BCUT2D eigenvalue weighted by atomic mass is 32.2. The molecule has 0 saturated carbocycles. The highest BCUT2D eigenvalue weighted by Gasteiger charge is 2.53. The number of aliphatic carboxylic acids is 2. The van der Waals surface area contributed by atoms with E-state index in [0.29, 0.717) is 31.0 Å². The van der Waals surface area contributed by atoms with Crippen LogP contribution in [0.15, 0.2) is 76.8 Å². The van der Waals surface area contributed by atoms with E-state index >= 15 is 0 Å². The van der Waals surface area contributed by atoms with E-state index in [0.717, 1.165) is 32.7 Å². The lowest BCUT2D eigenvalue weighted by Crippen LogP contribution is -2.71. The molecule has 4 aromatic rings. The molecule has 0 bridgehead atoms. The van der Waals surface area contributed by atoms with Gasteiger partial charge in [0.1, 0.15) is 29.5 Å². The van der Waals surface area contributed by atoms with Crippen molar-refractivity contribution in [2.24, 2.45) is 10.9 Å². The highest BCUT2D eigenvalue weighted by molar-refractivity contribution is 8.00. The molecule has 2 aliphatic heterocycles. The van der Waals surface area contributed by atoms with Crippen LogP contribution in [0.25, 0.3) is 10.9 Å². The molecular formula is C34H36N10O8S2. The number of carboxylic acid groups (broad SMARTS) is 2. The number of anilines is 1. The Bertz CT molecular complexity index is 2200. The Hall–Kier alpha value is -6.15. The number of β-lactam (4-membered cyclic amide) rings is 1. The number of guanidine groups is 1. The SMILES string of the molecule is CC(C)(O/N=C(\C(=O)N[C@@H]1C(=O)N2C(C(=O)[O-])=C(C[n+]3ccc4c(ccn4Cc4ccc(OCCNC(=N)N)cc4)c3)CS[C@H]12)c1csc(N)n1)C(=O)O. The number of pyridine rings is 1. The number of thiazole rings is 1. The first-order valence-electron chi connectivity index (χ1n) is 16.4. The van der Waals surface area contributed by atoms with Gasteiger partial charge in [-0.25, -0.2) is 14.3 Å². The summed E-state index contributed by atoms with van der Waals surface area (Å²) in [6.07, 6.45) is 5.70. The Kier molecular flexibility index (Phi) is 10.8. The largest absolute Gasteiger partial charge is 0.543 e. The molecule has 5 heterocycles. The smallest absolute Gasteiger partial charge is 0.350 e. The molecule has 3 aromatic heterocycles. The van der Waals surface area contributed by atoms with Gasteiger partial charge in [-0.3, -0.25) is 19.9 Å². The molecular weight excluding hydrogens is 741 g/mol. The van der Waals surface area contributed by atoms with Crippen LogP contribution in [-0.4, -0.2) is 90.9 Å². The van der Waals surface area contributed by atoms with Crippen LogP contribution in [0.2, 0.25) is 0 Å². The Labute approximate surface area is 315 Å². The summed E-state index contributed by atoms with van der Waals surface area (Å²) in [5, 5.41) is 39.8. The topological polar surface area (TPSA) is 267 Å². The molecule has 0 radical (unpaired) electrons. The van der Waals surface area contributed by atoms with E-state index in [-0.39, 0.29) is 34.8 Å².